The van der Waals surface area contributed by atoms with Crippen LogP contribution < -0.4 is 5.32 Å². The minimum atomic E-state index is -0.938. The van der Waals surface area contributed by atoms with E-state index < -0.39 is 28.3 Å². The fourth-order valence-corrected chi connectivity index (χ4v) is 3.51. The first-order chi connectivity index (χ1) is 13.1. The Labute approximate surface area is 162 Å². The number of esters is 2. The number of rotatable bonds is 7. The van der Waals surface area contributed by atoms with E-state index in [4.69, 9.17) is 9.47 Å². The highest BCUT2D eigenvalue weighted by molar-refractivity contribution is 5.89. The monoisotopic (exact) mass is 392 g/mol. The molecule has 0 bridgehead atoms. The number of nitrogens with zero attached hydrogens (tertiary/aromatic N) is 1. The molecule has 1 amide bonds. The van der Waals surface area contributed by atoms with E-state index in [0.717, 1.165) is 0 Å². The lowest BCUT2D eigenvalue weighted by atomic mass is 9.54. The first-order valence-corrected chi connectivity index (χ1v) is 8.81. The summed E-state index contributed by atoms with van der Waals surface area (Å²) in [6.07, 6.45) is 0.473. The third kappa shape index (κ3) is 4.29. The van der Waals surface area contributed by atoms with Gasteiger partial charge in [-0.1, -0.05) is 26.0 Å². The van der Waals surface area contributed by atoms with E-state index in [1.165, 1.54) is 38.5 Å². The number of nitrogens with one attached hydrogen (secondary N) is 1. The predicted molar refractivity (Wildman–Crippen MR) is 98.1 cm³/mol. The van der Waals surface area contributed by atoms with Gasteiger partial charge in [-0.3, -0.25) is 19.7 Å². The zero-order valence-electron chi connectivity index (χ0n) is 16.3. The minimum absolute atomic E-state index is 0.0625. The average molecular weight is 392 g/mol. The Morgan fingerprint density at radius 3 is 2.25 bits per heavy atom. The van der Waals surface area contributed by atoms with Gasteiger partial charge in [0.1, 0.15) is 6.04 Å². The summed E-state index contributed by atoms with van der Waals surface area (Å²) in [5.74, 6) is -2.14. The number of amides is 1. The van der Waals surface area contributed by atoms with Crippen LogP contribution in [-0.2, 0) is 30.3 Å². The summed E-state index contributed by atoms with van der Waals surface area (Å²) in [6, 6.07) is 4.79. The van der Waals surface area contributed by atoms with Crippen LogP contribution in [0, 0.1) is 27.4 Å². The van der Waals surface area contributed by atoms with Crippen molar-refractivity contribution >= 4 is 23.5 Å². The Balaban J connectivity index is 2.08. The number of nitro groups is 1. The molecule has 9 nitrogen and oxygen atoms in total. The number of carbonyl (C=O) groups is 3. The van der Waals surface area contributed by atoms with Crippen molar-refractivity contribution in [1.82, 2.24) is 5.32 Å². The SMILES string of the molecule is COC(=O)C(Cc1ccc([N+](=O)[O-])cc1)NC(=O)C1CC(C(=O)OC)C1(C)C. The Kier molecular flexibility index (Phi) is 6.37. The highest BCUT2D eigenvalue weighted by atomic mass is 16.6. The van der Waals surface area contributed by atoms with E-state index in [2.05, 4.69) is 5.32 Å². The topological polar surface area (TPSA) is 125 Å². The van der Waals surface area contributed by atoms with Crippen molar-refractivity contribution in [3.63, 3.8) is 0 Å². The van der Waals surface area contributed by atoms with Gasteiger partial charge >= 0.3 is 11.9 Å². The normalized spacial score (nSPS) is 21.0. The van der Waals surface area contributed by atoms with Gasteiger partial charge in [-0.2, -0.15) is 0 Å². The summed E-state index contributed by atoms with van der Waals surface area (Å²) in [5, 5.41) is 13.4. The molecule has 0 saturated heterocycles. The Bertz CT molecular complexity index is 773. The smallest absolute Gasteiger partial charge is 0.328 e. The molecular weight excluding hydrogens is 368 g/mol. The number of hydrogen-bond donors (Lipinski definition) is 1. The molecule has 0 heterocycles. The number of non-ortho nitro benzene ring substituents is 1. The highest BCUT2D eigenvalue weighted by Gasteiger charge is 2.55. The lowest BCUT2D eigenvalue weighted by molar-refractivity contribution is -0.384. The van der Waals surface area contributed by atoms with Crippen LogP contribution in [0.3, 0.4) is 0 Å². The van der Waals surface area contributed by atoms with Crippen LogP contribution in [0.4, 0.5) is 5.69 Å². The van der Waals surface area contributed by atoms with Crippen LogP contribution in [0.5, 0.6) is 0 Å². The molecule has 0 radical (unpaired) electrons. The van der Waals surface area contributed by atoms with E-state index in [-0.39, 0.29) is 29.9 Å². The second-order valence-electron chi connectivity index (χ2n) is 7.40. The van der Waals surface area contributed by atoms with Crippen LogP contribution in [0.1, 0.15) is 25.8 Å². The molecule has 1 fully saturated rings. The van der Waals surface area contributed by atoms with Gasteiger partial charge in [-0.15, -0.1) is 0 Å². The number of benzene rings is 1. The minimum Gasteiger partial charge on any atom is -0.469 e. The largest absolute Gasteiger partial charge is 0.469 e. The van der Waals surface area contributed by atoms with Gasteiger partial charge in [0.05, 0.1) is 25.1 Å². The molecule has 1 N–H and O–H groups in total. The predicted octanol–water partition coefficient (Wildman–Crippen LogP) is 1.63. The van der Waals surface area contributed by atoms with Crippen molar-refractivity contribution < 1.29 is 28.8 Å². The van der Waals surface area contributed by atoms with Crippen LogP contribution in [0.2, 0.25) is 0 Å². The van der Waals surface area contributed by atoms with Crippen molar-refractivity contribution in [2.24, 2.45) is 17.3 Å². The molecular formula is C19H24N2O7. The summed E-state index contributed by atoms with van der Waals surface area (Å²) >= 11 is 0. The van der Waals surface area contributed by atoms with Crippen LogP contribution in [0.15, 0.2) is 24.3 Å². The second kappa shape index (κ2) is 8.37. The zero-order chi connectivity index (χ0) is 21.1. The Morgan fingerprint density at radius 1 is 1.18 bits per heavy atom. The van der Waals surface area contributed by atoms with Gasteiger partial charge in [0, 0.05) is 24.5 Å². The van der Waals surface area contributed by atoms with Gasteiger partial charge < -0.3 is 14.8 Å². The van der Waals surface area contributed by atoms with Crippen molar-refractivity contribution in [3.8, 4) is 0 Å². The zero-order valence-corrected chi connectivity index (χ0v) is 16.3. The van der Waals surface area contributed by atoms with Gasteiger partial charge in [0.15, 0.2) is 0 Å². The summed E-state index contributed by atoms with van der Waals surface area (Å²) in [7, 11) is 2.53. The van der Waals surface area contributed by atoms with E-state index in [9.17, 15) is 24.5 Å². The van der Waals surface area contributed by atoms with Gasteiger partial charge in [0.2, 0.25) is 5.91 Å². The molecule has 1 saturated carbocycles. The molecule has 1 aromatic rings. The van der Waals surface area contributed by atoms with Crippen LogP contribution in [-0.4, -0.2) is 43.0 Å². The molecule has 28 heavy (non-hydrogen) atoms. The molecule has 3 unspecified atom stereocenters. The Morgan fingerprint density at radius 2 is 1.79 bits per heavy atom. The number of methoxy groups -OCH3 is 2. The maximum Gasteiger partial charge on any atom is 0.328 e. The highest BCUT2D eigenvalue weighted by Crippen LogP contribution is 2.51. The molecule has 0 aromatic heterocycles. The fraction of sp³-hybridized carbons (Fsp3) is 0.526. The Hall–Kier alpha value is -2.97. The molecule has 1 aromatic carbocycles. The standard InChI is InChI=1S/C19H24N2O7/c1-19(2)13(10-14(19)17(23)27-3)16(22)20-15(18(24)28-4)9-11-5-7-12(8-6-11)21(25)26/h5-8,13-15H,9-10H2,1-4H3,(H,20,22). The van der Waals surface area contributed by atoms with Gasteiger partial charge in [0.25, 0.3) is 5.69 Å². The van der Waals surface area contributed by atoms with E-state index in [1.54, 1.807) is 0 Å². The van der Waals surface area contributed by atoms with Crippen molar-refractivity contribution in [3.05, 3.63) is 39.9 Å². The quantitative estimate of drug-likeness (QED) is 0.425. The molecule has 9 heteroatoms. The fourth-order valence-electron chi connectivity index (χ4n) is 3.51. The van der Waals surface area contributed by atoms with Gasteiger partial charge in [-0.05, 0) is 17.4 Å². The van der Waals surface area contributed by atoms with E-state index in [1.807, 2.05) is 13.8 Å². The maximum atomic E-state index is 12.7. The van der Waals surface area contributed by atoms with E-state index in [0.29, 0.717) is 12.0 Å². The van der Waals surface area contributed by atoms with Crippen molar-refractivity contribution in [2.75, 3.05) is 14.2 Å². The lowest BCUT2D eigenvalue weighted by Gasteiger charge is -2.49. The average Bonchev–Trinajstić information content (AvgIpc) is 2.66. The summed E-state index contributed by atoms with van der Waals surface area (Å²) in [5.41, 5.74) is -0.0142. The molecule has 0 aliphatic heterocycles. The van der Waals surface area contributed by atoms with Gasteiger partial charge in [-0.25, -0.2) is 4.79 Å². The third-order valence-corrected chi connectivity index (χ3v) is 5.46. The molecule has 2 rings (SSSR count). The molecule has 1 aliphatic rings. The van der Waals surface area contributed by atoms with Crippen molar-refractivity contribution in [2.45, 2.75) is 32.7 Å². The summed E-state index contributed by atoms with van der Waals surface area (Å²) in [4.78, 5) is 46.8. The molecule has 3 atom stereocenters. The van der Waals surface area contributed by atoms with Crippen LogP contribution >= 0.6 is 0 Å². The first-order valence-electron chi connectivity index (χ1n) is 8.81. The first kappa shape index (κ1) is 21.3. The molecule has 152 valence electrons. The lowest BCUT2D eigenvalue weighted by Crippen LogP contribution is -2.57. The molecule has 0 spiro atoms. The van der Waals surface area contributed by atoms with E-state index >= 15 is 0 Å². The number of carbonyl (C=O) groups excluding carboxylic acids is 3. The summed E-state index contributed by atoms with van der Waals surface area (Å²) < 4.78 is 9.54. The van der Waals surface area contributed by atoms with Crippen LogP contribution in [0.25, 0.3) is 0 Å². The number of nitro benzene ring substituents is 1. The number of hydrogen-bond acceptors (Lipinski definition) is 7. The molecule has 1 aliphatic carbocycles. The summed E-state index contributed by atoms with van der Waals surface area (Å²) in [6.45, 7) is 3.62. The third-order valence-electron chi connectivity index (χ3n) is 5.46. The number of ether oxygens (including phenoxy) is 2. The second-order valence-corrected chi connectivity index (χ2v) is 7.40. The maximum absolute atomic E-state index is 12.7. The van der Waals surface area contributed by atoms with Crippen molar-refractivity contribution in [1.29, 1.82) is 0 Å².